The summed E-state index contributed by atoms with van der Waals surface area (Å²) >= 11 is 0. The Bertz CT molecular complexity index is 319. The SMILES string of the molecule is OC[C@@H](Cc1ccccc1)[C@@H]1C=CCO1. The van der Waals surface area contributed by atoms with Crippen molar-refractivity contribution < 1.29 is 9.84 Å². The van der Waals surface area contributed by atoms with Crippen molar-refractivity contribution in [1.29, 1.82) is 0 Å². The van der Waals surface area contributed by atoms with Gasteiger partial charge < -0.3 is 9.84 Å². The Morgan fingerprint density at radius 3 is 2.73 bits per heavy atom. The van der Waals surface area contributed by atoms with Gasteiger partial charge in [0.25, 0.3) is 0 Å². The van der Waals surface area contributed by atoms with Crippen LogP contribution in [0.4, 0.5) is 0 Å². The van der Waals surface area contributed by atoms with E-state index >= 15 is 0 Å². The molecule has 0 saturated carbocycles. The number of rotatable bonds is 4. The molecular weight excluding hydrogens is 188 g/mol. The van der Waals surface area contributed by atoms with Crippen LogP contribution in [-0.4, -0.2) is 24.4 Å². The van der Waals surface area contributed by atoms with Crippen molar-refractivity contribution in [3.8, 4) is 0 Å². The van der Waals surface area contributed by atoms with E-state index in [9.17, 15) is 5.11 Å². The fourth-order valence-corrected chi connectivity index (χ4v) is 1.91. The predicted octanol–water partition coefficient (Wildman–Crippen LogP) is 1.79. The minimum Gasteiger partial charge on any atom is -0.396 e. The summed E-state index contributed by atoms with van der Waals surface area (Å²) < 4.78 is 5.51. The summed E-state index contributed by atoms with van der Waals surface area (Å²) in [6.45, 7) is 0.847. The second-order valence-electron chi connectivity index (χ2n) is 3.86. The van der Waals surface area contributed by atoms with Crippen LogP contribution < -0.4 is 0 Å². The van der Waals surface area contributed by atoms with Gasteiger partial charge in [-0.25, -0.2) is 0 Å². The lowest BCUT2D eigenvalue weighted by Crippen LogP contribution is -2.24. The Labute approximate surface area is 90.2 Å². The fourth-order valence-electron chi connectivity index (χ4n) is 1.91. The van der Waals surface area contributed by atoms with Gasteiger partial charge in [-0.15, -0.1) is 0 Å². The first-order chi connectivity index (χ1) is 7.40. The second-order valence-corrected chi connectivity index (χ2v) is 3.86. The second kappa shape index (κ2) is 5.10. The van der Waals surface area contributed by atoms with Crippen LogP contribution >= 0.6 is 0 Å². The van der Waals surface area contributed by atoms with Crippen LogP contribution in [-0.2, 0) is 11.2 Å². The van der Waals surface area contributed by atoms with Crippen molar-refractivity contribution in [3.05, 3.63) is 48.0 Å². The number of benzene rings is 1. The molecule has 0 unspecified atom stereocenters. The van der Waals surface area contributed by atoms with Crippen molar-refractivity contribution >= 4 is 0 Å². The van der Waals surface area contributed by atoms with Crippen LogP contribution in [0.2, 0.25) is 0 Å². The first kappa shape index (κ1) is 10.4. The standard InChI is InChI=1S/C13H16O2/c14-10-12(13-7-4-8-15-13)9-11-5-2-1-3-6-11/h1-7,12-14H,8-10H2/t12-,13+/m1/s1. The van der Waals surface area contributed by atoms with Gasteiger partial charge in [-0.1, -0.05) is 42.5 Å². The molecule has 1 aliphatic heterocycles. The molecule has 1 aliphatic rings. The first-order valence-electron chi connectivity index (χ1n) is 5.33. The average Bonchev–Trinajstić information content (AvgIpc) is 2.81. The van der Waals surface area contributed by atoms with E-state index in [2.05, 4.69) is 12.1 Å². The molecule has 15 heavy (non-hydrogen) atoms. The molecule has 0 amide bonds. The lowest BCUT2D eigenvalue weighted by atomic mass is 9.95. The molecule has 0 radical (unpaired) electrons. The van der Waals surface area contributed by atoms with Crippen LogP contribution in [0.25, 0.3) is 0 Å². The van der Waals surface area contributed by atoms with Crippen molar-refractivity contribution in [2.45, 2.75) is 12.5 Å². The van der Waals surface area contributed by atoms with Gasteiger partial charge in [-0.2, -0.15) is 0 Å². The number of hydrogen-bond acceptors (Lipinski definition) is 2. The fraction of sp³-hybridized carbons (Fsp3) is 0.385. The van der Waals surface area contributed by atoms with E-state index in [0.29, 0.717) is 6.61 Å². The maximum Gasteiger partial charge on any atom is 0.0814 e. The molecule has 0 saturated heterocycles. The molecule has 1 aromatic carbocycles. The van der Waals surface area contributed by atoms with Crippen LogP contribution in [0, 0.1) is 5.92 Å². The largest absolute Gasteiger partial charge is 0.396 e. The highest BCUT2D eigenvalue weighted by molar-refractivity contribution is 5.16. The molecule has 0 fully saturated rings. The summed E-state index contributed by atoms with van der Waals surface area (Å²) in [5.41, 5.74) is 1.25. The summed E-state index contributed by atoms with van der Waals surface area (Å²) in [5.74, 6) is 0.172. The lowest BCUT2D eigenvalue weighted by molar-refractivity contribution is 0.0526. The Morgan fingerprint density at radius 1 is 1.33 bits per heavy atom. The smallest absolute Gasteiger partial charge is 0.0814 e. The van der Waals surface area contributed by atoms with E-state index in [4.69, 9.17) is 4.74 Å². The Kier molecular flexibility index (Phi) is 3.54. The number of ether oxygens (including phenoxy) is 1. The van der Waals surface area contributed by atoms with E-state index in [1.165, 1.54) is 5.56 Å². The molecule has 0 aliphatic carbocycles. The van der Waals surface area contributed by atoms with E-state index in [-0.39, 0.29) is 18.6 Å². The average molecular weight is 204 g/mol. The summed E-state index contributed by atoms with van der Waals surface area (Å²) in [5, 5.41) is 9.33. The van der Waals surface area contributed by atoms with Gasteiger partial charge in [-0.3, -0.25) is 0 Å². The van der Waals surface area contributed by atoms with Gasteiger partial charge in [0, 0.05) is 12.5 Å². The van der Waals surface area contributed by atoms with Gasteiger partial charge in [0.05, 0.1) is 12.7 Å². The molecule has 80 valence electrons. The van der Waals surface area contributed by atoms with Gasteiger partial charge >= 0.3 is 0 Å². The van der Waals surface area contributed by atoms with Crippen molar-refractivity contribution in [1.82, 2.24) is 0 Å². The summed E-state index contributed by atoms with van der Waals surface area (Å²) in [7, 11) is 0. The van der Waals surface area contributed by atoms with Crippen molar-refractivity contribution in [2.24, 2.45) is 5.92 Å². The quantitative estimate of drug-likeness (QED) is 0.758. The third kappa shape index (κ3) is 2.67. The Hall–Kier alpha value is -1.12. The number of aliphatic hydroxyl groups excluding tert-OH is 1. The highest BCUT2D eigenvalue weighted by Crippen LogP contribution is 2.18. The Morgan fingerprint density at radius 2 is 2.13 bits per heavy atom. The van der Waals surface area contributed by atoms with E-state index < -0.39 is 0 Å². The van der Waals surface area contributed by atoms with Gasteiger partial charge in [0.1, 0.15) is 0 Å². The van der Waals surface area contributed by atoms with Crippen LogP contribution in [0.1, 0.15) is 5.56 Å². The summed E-state index contributed by atoms with van der Waals surface area (Å²) in [6.07, 6.45) is 5.00. The molecular formula is C13H16O2. The van der Waals surface area contributed by atoms with Crippen molar-refractivity contribution in [3.63, 3.8) is 0 Å². The van der Waals surface area contributed by atoms with Crippen LogP contribution in [0.15, 0.2) is 42.5 Å². The third-order valence-corrected chi connectivity index (χ3v) is 2.75. The normalized spacial score (nSPS) is 21.8. The molecule has 1 N–H and O–H groups in total. The zero-order valence-electron chi connectivity index (χ0n) is 8.67. The minimum absolute atomic E-state index is 0.0789. The Balaban J connectivity index is 1.99. The molecule has 2 nitrogen and oxygen atoms in total. The summed E-state index contributed by atoms with van der Waals surface area (Å²) in [4.78, 5) is 0. The zero-order chi connectivity index (χ0) is 10.5. The van der Waals surface area contributed by atoms with E-state index in [1.54, 1.807) is 0 Å². The molecule has 2 atom stereocenters. The van der Waals surface area contributed by atoms with Gasteiger partial charge in [-0.05, 0) is 12.0 Å². The molecule has 1 aromatic rings. The molecule has 1 heterocycles. The van der Waals surface area contributed by atoms with Crippen LogP contribution in [0.3, 0.4) is 0 Å². The zero-order valence-corrected chi connectivity index (χ0v) is 8.67. The maximum absolute atomic E-state index is 9.33. The number of aliphatic hydroxyl groups is 1. The van der Waals surface area contributed by atoms with Crippen molar-refractivity contribution in [2.75, 3.05) is 13.2 Å². The maximum atomic E-state index is 9.33. The van der Waals surface area contributed by atoms with E-state index in [0.717, 1.165) is 6.42 Å². The molecule has 0 bridgehead atoms. The topological polar surface area (TPSA) is 29.5 Å². The third-order valence-electron chi connectivity index (χ3n) is 2.75. The summed E-state index contributed by atoms with van der Waals surface area (Å²) in [6, 6.07) is 10.2. The monoisotopic (exact) mass is 204 g/mol. The van der Waals surface area contributed by atoms with Gasteiger partial charge in [0.2, 0.25) is 0 Å². The lowest BCUT2D eigenvalue weighted by Gasteiger charge is -2.19. The highest BCUT2D eigenvalue weighted by Gasteiger charge is 2.21. The van der Waals surface area contributed by atoms with Crippen LogP contribution in [0.5, 0.6) is 0 Å². The molecule has 2 rings (SSSR count). The highest BCUT2D eigenvalue weighted by atomic mass is 16.5. The molecule has 0 aromatic heterocycles. The minimum atomic E-state index is 0.0789. The number of hydrogen-bond donors (Lipinski definition) is 1. The molecule has 2 heteroatoms. The first-order valence-corrected chi connectivity index (χ1v) is 5.33. The molecule has 0 spiro atoms. The van der Waals surface area contributed by atoms with Gasteiger partial charge in [0.15, 0.2) is 0 Å². The van der Waals surface area contributed by atoms with E-state index in [1.807, 2.05) is 30.4 Å². The predicted molar refractivity (Wildman–Crippen MR) is 59.6 cm³/mol.